The standard InChI is InChI=1S/C14H10BrClN2O3/c1-8-3-2-4-12(18(20)21)13(8)14(19)17-11-6-5-9(16)7-10(11)15/h2-7H,1H3,(H,17,19). The van der Waals surface area contributed by atoms with Crippen molar-refractivity contribution < 1.29 is 9.72 Å². The Balaban J connectivity index is 2.39. The van der Waals surface area contributed by atoms with Crippen molar-refractivity contribution in [1.82, 2.24) is 0 Å². The molecule has 0 aliphatic heterocycles. The summed E-state index contributed by atoms with van der Waals surface area (Å²) in [6, 6.07) is 9.37. The number of carbonyl (C=O) groups is 1. The van der Waals surface area contributed by atoms with Crippen LogP contribution in [0.25, 0.3) is 0 Å². The average molecular weight is 370 g/mol. The molecule has 0 heterocycles. The van der Waals surface area contributed by atoms with Gasteiger partial charge in [-0.1, -0.05) is 23.7 Å². The molecule has 0 unspecified atom stereocenters. The number of rotatable bonds is 3. The first kappa shape index (κ1) is 15.5. The fourth-order valence-corrected chi connectivity index (χ4v) is 2.66. The van der Waals surface area contributed by atoms with Gasteiger partial charge in [-0.15, -0.1) is 0 Å². The second kappa shape index (κ2) is 6.24. The van der Waals surface area contributed by atoms with Gasteiger partial charge in [0.2, 0.25) is 0 Å². The molecule has 1 amide bonds. The Labute approximate surface area is 134 Å². The summed E-state index contributed by atoms with van der Waals surface area (Å²) in [4.78, 5) is 22.8. The molecule has 0 radical (unpaired) electrons. The Morgan fingerprint density at radius 2 is 2.05 bits per heavy atom. The molecule has 7 heteroatoms. The van der Waals surface area contributed by atoms with E-state index in [2.05, 4.69) is 21.2 Å². The van der Waals surface area contributed by atoms with Gasteiger partial charge in [-0.3, -0.25) is 14.9 Å². The Hall–Kier alpha value is -1.92. The van der Waals surface area contributed by atoms with Crippen LogP contribution in [0.4, 0.5) is 11.4 Å². The van der Waals surface area contributed by atoms with Crippen LogP contribution in [0.3, 0.4) is 0 Å². The molecule has 0 spiro atoms. The number of carbonyl (C=O) groups excluding carboxylic acids is 1. The largest absolute Gasteiger partial charge is 0.321 e. The van der Waals surface area contributed by atoms with E-state index in [0.29, 0.717) is 20.7 Å². The van der Waals surface area contributed by atoms with Crippen LogP contribution >= 0.6 is 27.5 Å². The molecule has 21 heavy (non-hydrogen) atoms. The summed E-state index contributed by atoms with van der Waals surface area (Å²) in [7, 11) is 0. The molecule has 0 bridgehead atoms. The number of halogens is 2. The first-order chi connectivity index (χ1) is 9.90. The van der Waals surface area contributed by atoms with E-state index >= 15 is 0 Å². The Kier molecular flexibility index (Phi) is 4.59. The molecule has 0 saturated heterocycles. The molecule has 0 aliphatic rings. The third kappa shape index (κ3) is 3.40. The zero-order valence-corrected chi connectivity index (χ0v) is 13.2. The number of nitrogens with one attached hydrogen (secondary N) is 1. The van der Waals surface area contributed by atoms with Crippen molar-refractivity contribution in [2.45, 2.75) is 6.92 Å². The summed E-state index contributed by atoms with van der Waals surface area (Å²) < 4.78 is 0.597. The number of benzene rings is 2. The molecule has 2 aromatic carbocycles. The summed E-state index contributed by atoms with van der Waals surface area (Å²) in [6.45, 7) is 1.65. The minimum atomic E-state index is -0.571. The lowest BCUT2D eigenvalue weighted by Gasteiger charge is -2.10. The number of aryl methyl sites for hydroxylation is 1. The second-order valence-electron chi connectivity index (χ2n) is 4.30. The number of nitro groups is 1. The highest BCUT2D eigenvalue weighted by Crippen LogP contribution is 2.28. The highest BCUT2D eigenvalue weighted by molar-refractivity contribution is 9.10. The van der Waals surface area contributed by atoms with Crippen LogP contribution in [-0.2, 0) is 0 Å². The lowest BCUT2D eigenvalue weighted by atomic mass is 10.1. The van der Waals surface area contributed by atoms with E-state index < -0.39 is 10.8 Å². The van der Waals surface area contributed by atoms with E-state index in [1.165, 1.54) is 6.07 Å². The third-order valence-electron chi connectivity index (χ3n) is 2.85. The second-order valence-corrected chi connectivity index (χ2v) is 5.60. The lowest BCUT2D eigenvalue weighted by molar-refractivity contribution is -0.385. The maximum atomic E-state index is 12.3. The Bertz CT molecular complexity index is 734. The van der Waals surface area contributed by atoms with Gasteiger partial charge >= 0.3 is 0 Å². The van der Waals surface area contributed by atoms with Crippen molar-refractivity contribution in [3.8, 4) is 0 Å². The lowest BCUT2D eigenvalue weighted by Crippen LogP contribution is -2.15. The molecular weight excluding hydrogens is 360 g/mol. The maximum absolute atomic E-state index is 12.3. The van der Waals surface area contributed by atoms with Crippen LogP contribution < -0.4 is 5.32 Å². The van der Waals surface area contributed by atoms with Gasteiger partial charge < -0.3 is 5.32 Å². The van der Waals surface area contributed by atoms with Gasteiger partial charge in [-0.2, -0.15) is 0 Å². The van der Waals surface area contributed by atoms with E-state index in [4.69, 9.17) is 11.6 Å². The highest BCUT2D eigenvalue weighted by atomic mass is 79.9. The quantitative estimate of drug-likeness (QED) is 0.636. The smallest absolute Gasteiger partial charge is 0.282 e. The SMILES string of the molecule is Cc1cccc([N+](=O)[O-])c1C(=O)Nc1ccc(Cl)cc1Br. The minimum absolute atomic E-state index is 0.0457. The van der Waals surface area contributed by atoms with Crippen molar-refractivity contribution in [2.75, 3.05) is 5.32 Å². The molecule has 2 rings (SSSR count). The summed E-state index contributed by atoms with van der Waals surface area (Å²) in [5.74, 6) is -0.539. The fourth-order valence-electron chi connectivity index (χ4n) is 1.88. The van der Waals surface area contributed by atoms with Crippen LogP contribution in [-0.4, -0.2) is 10.8 Å². The zero-order valence-electron chi connectivity index (χ0n) is 10.9. The van der Waals surface area contributed by atoms with Crippen molar-refractivity contribution in [3.05, 3.63) is 67.1 Å². The van der Waals surface area contributed by atoms with Gasteiger partial charge in [0.1, 0.15) is 5.56 Å². The van der Waals surface area contributed by atoms with Crippen LogP contribution in [0.5, 0.6) is 0 Å². The average Bonchev–Trinajstić information content (AvgIpc) is 2.41. The van der Waals surface area contributed by atoms with E-state index in [9.17, 15) is 14.9 Å². The summed E-state index contributed by atoms with van der Waals surface area (Å²) in [6.07, 6.45) is 0. The van der Waals surface area contributed by atoms with Gasteiger partial charge in [0.25, 0.3) is 11.6 Å². The van der Waals surface area contributed by atoms with Crippen molar-refractivity contribution in [1.29, 1.82) is 0 Å². The van der Waals surface area contributed by atoms with E-state index in [1.807, 2.05) is 0 Å². The maximum Gasteiger partial charge on any atom is 0.282 e. The molecular formula is C14H10BrClN2O3. The van der Waals surface area contributed by atoms with E-state index in [1.54, 1.807) is 37.3 Å². The van der Waals surface area contributed by atoms with Gasteiger partial charge in [0, 0.05) is 15.6 Å². The number of nitro benzene ring substituents is 1. The number of nitrogens with zero attached hydrogens (tertiary/aromatic N) is 1. The third-order valence-corrected chi connectivity index (χ3v) is 3.75. The normalized spacial score (nSPS) is 10.2. The van der Waals surface area contributed by atoms with Crippen molar-refractivity contribution >= 4 is 44.8 Å². The van der Waals surface area contributed by atoms with Crippen molar-refractivity contribution in [3.63, 3.8) is 0 Å². The Morgan fingerprint density at radius 3 is 2.67 bits per heavy atom. The van der Waals surface area contributed by atoms with Crippen molar-refractivity contribution in [2.24, 2.45) is 0 Å². The van der Waals surface area contributed by atoms with E-state index in [0.717, 1.165) is 0 Å². The molecule has 0 atom stereocenters. The first-order valence-electron chi connectivity index (χ1n) is 5.90. The summed E-state index contributed by atoms with van der Waals surface area (Å²) >= 11 is 9.11. The number of anilines is 1. The zero-order chi connectivity index (χ0) is 15.6. The van der Waals surface area contributed by atoms with E-state index in [-0.39, 0.29) is 11.3 Å². The summed E-state index contributed by atoms with van der Waals surface area (Å²) in [5, 5.41) is 14.2. The van der Waals surface area contributed by atoms with Gasteiger partial charge in [0.05, 0.1) is 10.6 Å². The molecule has 1 N–H and O–H groups in total. The fraction of sp³-hybridized carbons (Fsp3) is 0.0714. The number of hydrogen-bond donors (Lipinski definition) is 1. The predicted molar refractivity (Wildman–Crippen MR) is 84.9 cm³/mol. The molecule has 0 aromatic heterocycles. The number of hydrogen-bond acceptors (Lipinski definition) is 3. The predicted octanol–water partition coefficient (Wildman–Crippen LogP) is 4.57. The van der Waals surface area contributed by atoms with Gasteiger partial charge in [-0.05, 0) is 46.6 Å². The number of amides is 1. The molecule has 0 aliphatic carbocycles. The van der Waals surface area contributed by atoms with Crippen LogP contribution in [0, 0.1) is 17.0 Å². The molecule has 2 aromatic rings. The molecule has 108 valence electrons. The van der Waals surface area contributed by atoms with Gasteiger partial charge in [-0.25, -0.2) is 0 Å². The van der Waals surface area contributed by atoms with Crippen LogP contribution in [0.2, 0.25) is 5.02 Å². The Morgan fingerprint density at radius 1 is 1.33 bits per heavy atom. The van der Waals surface area contributed by atoms with Gasteiger partial charge in [0.15, 0.2) is 0 Å². The molecule has 0 fully saturated rings. The summed E-state index contributed by atoms with van der Waals surface area (Å²) in [5.41, 5.74) is 0.843. The first-order valence-corrected chi connectivity index (χ1v) is 7.07. The van der Waals surface area contributed by atoms with Crippen LogP contribution in [0.15, 0.2) is 40.9 Å². The van der Waals surface area contributed by atoms with Crippen LogP contribution in [0.1, 0.15) is 15.9 Å². The highest BCUT2D eigenvalue weighted by Gasteiger charge is 2.22. The minimum Gasteiger partial charge on any atom is -0.321 e. The topological polar surface area (TPSA) is 72.2 Å². The monoisotopic (exact) mass is 368 g/mol. The molecule has 5 nitrogen and oxygen atoms in total. The molecule has 0 saturated carbocycles.